The lowest BCUT2D eigenvalue weighted by Crippen LogP contribution is -2.45. The molecule has 10 heteroatoms. The topological polar surface area (TPSA) is 126 Å². The molecule has 144 valence electrons. The van der Waals surface area contributed by atoms with E-state index in [-0.39, 0.29) is 12.1 Å². The van der Waals surface area contributed by atoms with Crippen molar-refractivity contribution in [2.75, 3.05) is 24.4 Å². The molecule has 26 heavy (non-hydrogen) atoms. The fourth-order valence-corrected chi connectivity index (χ4v) is 4.25. The van der Waals surface area contributed by atoms with Gasteiger partial charge in [-0.05, 0) is 31.4 Å². The van der Waals surface area contributed by atoms with Crippen molar-refractivity contribution in [3.63, 3.8) is 0 Å². The lowest BCUT2D eigenvalue weighted by atomic mass is 10.1. The molecule has 1 saturated heterocycles. The highest BCUT2D eigenvalue weighted by Gasteiger charge is 2.31. The number of hydrogen-bond donors (Lipinski definition) is 4. The summed E-state index contributed by atoms with van der Waals surface area (Å²) in [6.07, 6.45) is 1.80. The number of carbonyl (C=O) groups is 1. The largest absolute Gasteiger partial charge is 0.491 e. The lowest BCUT2D eigenvalue weighted by molar-refractivity contribution is 0.165. The van der Waals surface area contributed by atoms with Crippen LogP contribution in [0, 0.1) is 0 Å². The van der Waals surface area contributed by atoms with Gasteiger partial charge >= 0.3 is 16.2 Å². The summed E-state index contributed by atoms with van der Waals surface area (Å²) in [5.41, 5.74) is 6.91. The monoisotopic (exact) mass is 383 g/mol. The van der Waals surface area contributed by atoms with Gasteiger partial charge in [0.1, 0.15) is 18.5 Å². The van der Waals surface area contributed by atoms with E-state index in [1.165, 1.54) is 0 Å². The normalized spacial score (nSPS) is 23.8. The van der Waals surface area contributed by atoms with Crippen LogP contribution in [-0.4, -0.2) is 45.1 Å². The van der Waals surface area contributed by atoms with Crippen LogP contribution in [-0.2, 0) is 10.2 Å². The summed E-state index contributed by atoms with van der Waals surface area (Å²) >= 11 is 0. The highest BCUT2D eigenvalue weighted by atomic mass is 32.2. The Bertz CT molecular complexity index is 770. The number of amides is 2. The van der Waals surface area contributed by atoms with Gasteiger partial charge < -0.3 is 20.7 Å². The number of rotatable bonds is 5. The van der Waals surface area contributed by atoms with Gasteiger partial charge in [0.25, 0.3) is 0 Å². The number of likely N-dealkylation sites (tertiary alicyclic amines) is 1. The number of hydrogen-bond acceptors (Lipinski definition) is 5. The Kier molecular flexibility index (Phi) is 5.54. The summed E-state index contributed by atoms with van der Waals surface area (Å²) in [5.74, 6) is 0.505. The Balaban J connectivity index is 1.70. The average Bonchev–Trinajstić information content (AvgIpc) is 3.05. The van der Waals surface area contributed by atoms with E-state index in [2.05, 4.69) is 14.8 Å². The predicted molar refractivity (Wildman–Crippen MR) is 98.0 cm³/mol. The third kappa shape index (κ3) is 4.02. The molecule has 9 nitrogen and oxygen atoms in total. The van der Waals surface area contributed by atoms with E-state index in [1.807, 2.05) is 6.92 Å². The third-order valence-corrected chi connectivity index (χ3v) is 5.55. The lowest BCUT2D eigenvalue weighted by Gasteiger charge is -2.28. The van der Waals surface area contributed by atoms with Crippen LogP contribution >= 0.6 is 0 Å². The fraction of sp³-hybridized carbons (Fsp3) is 0.562. The molecule has 2 amide bonds. The molecule has 1 aromatic carbocycles. The first-order chi connectivity index (χ1) is 12.4. The molecular weight excluding hydrogens is 358 g/mol. The average molecular weight is 383 g/mol. The predicted octanol–water partition coefficient (Wildman–Crippen LogP) is 0.867. The zero-order valence-electron chi connectivity index (χ0n) is 14.7. The van der Waals surface area contributed by atoms with E-state index < -0.39 is 16.4 Å². The van der Waals surface area contributed by atoms with Crippen LogP contribution in [0.4, 0.5) is 10.5 Å². The zero-order valence-corrected chi connectivity index (χ0v) is 15.5. The highest BCUT2D eigenvalue weighted by Crippen LogP contribution is 2.34. The first-order valence-corrected chi connectivity index (χ1v) is 10.3. The molecule has 3 rings (SSSR count). The first-order valence-electron chi connectivity index (χ1n) is 8.77. The van der Waals surface area contributed by atoms with Crippen LogP contribution in [0.25, 0.3) is 0 Å². The molecule has 2 atom stereocenters. The van der Waals surface area contributed by atoms with Crippen molar-refractivity contribution in [2.45, 2.75) is 38.4 Å². The Morgan fingerprint density at radius 2 is 2.27 bits per heavy atom. The number of nitrogens with zero attached hydrogens (tertiary/aromatic N) is 1. The van der Waals surface area contributed by atoms with Crippen molar-refractivity contribution < 1.29 is 17.9 Å². The van der Waals surface area contributed by atoms with Gasteiger partial charge in [-0.15, -0.1) is 0 Å². The quantitative estimate of drug-likeness (QED) is 0.600. The summed E-state index contributed by atoms with van der Waals surface area (Å²) in [5, 5.41) is 2.89. The van der Waals surface area contributed by atoms with Gasteiger partial charge in [0, 0.05) is 13.1 Å². The molecular formula is C16H25N5O4S. The Hall–Kier alpha value is -2.04. The second-order valence-electron chi connectivity index (χ2n) is 6.45. The van der Waals surface area contributed by atoms with Crippen molar-refractivity contribution in [3.8, 4) is 5.75 Å². The third-order valence-electron chi connectivity index (χ3n) is 4.50. The van der Waals surface area contributed by atoms with Crippen LogP contribution in [0.2, 0.25) is 0 Å². The van der Waals surface area contributed by atoms with Gasteiger partial charge in [0.05, 0.1) is 17.3 Å². The molecule has 5 N–H and O–H groups in total. The zero-order chi connectivity index (χ0) is 18.7. The number of urea groups is 1. The fourth-order valence-electron chi connectivity index (χ4n) is 3.28. The van der Waals surface area contributed by atoms with E-state index in [0.717, 1.165) is 19.3 Å². The molecule has 1 aromatic rings. The van der Waals surface area contributed by atoms with Crippen LogP contribution in [0.5, 0.6) is 5.75 Å². The SMILES string of the molecule is CCCNC(=O)N1CCCC1COc1cccc2c1C(N)NS(=O)(=O)N2. The standard InChI is InChI=1S/C16H25N5O4S/c1-2-8-18-16(22)21-9-4-5-11(21)10-25-13-7-3-6-12-14(13)15(17)20-26(23,24)19-12/h3,6-7,11,15,19-20H,2,4-5,8-10,17H2,1H3,(H,18,22). The summed E-state index contributed by atoms with van der Waals surface area (Å²) in [4.78, 5) is 14.0. The Morgan fingerprint density at radius 3 is 3.04 bits per heavy atom. The Morgan fingerprint density at radius 1 is 1.46 bits per heavy atom. The van der Waals surface area contributed by atoms with E-state index in [1.54, 1.807) is 23.1 Å². The van der Waals surface area contributed by atoms with Crippen LogP contribution < -0.4 is 25.2 Å². The molecule has 0 saturated carbocycles. The van der Waals surface area contributed by atoms with Gasteiger partial charge in [-0.1, -0.05) is 13.0 Å². The number of fused-ring (bicyclic) bond motifs is 1. The number of ether oxygens (including phenoxy) is 1. The maximum atomic E-state index is 12.2. The first kappa shape index (κ1) is 18.7. The number of nitrogens with one attached hydrogen (secondary N) is 3. The van der Waals surface area contributed by atoms with E-state index in [4.69, 9.17) is 10.5 Å². The minimum atomic E-state index is -3.66. The maximum absolute atomic E-state index is 12.2. The molecule has 0 bridgehead atoms. The highest BCUT2D eigenvalue weighted by molar-refractivity contribution is 7.90. The molecule has 2 aliphatic heterocycles. The minimum Gasteiger partial charge on any atom is -0.491 e. The summed E-state index contributed by atoms with van der Waals surface area (Å²) < 4.78 is 34.1. The number of benzene rings is 1. The van der Waals surface area contributed by atoms with E-state index in [9.17, 15) is 13.2 Å². The van der Waals surface area contributed by atoms with E-state index >= 15 is 0 Å². The summed E-state index contributed by atoms with van der Waals surface area (Å²) in [6.45, 7) is 3.69. The summed E-state index contributed by atoms with van der Waals surface area (Å²) in [6, 6.07) is 5.00. The van der Waals surface area contributed by atoms with Crippen molar-refractivity contribution in [3.05, 3.63) is 23.8 Å². The minimum absolute atomic E-state index is 0.0211. The Labute approximate surface area is 153 Å². The van der Waals surface area contributed by atoms with Crippen molar-refractivity contribution in [1.29, 1.82) is 0 Å². The van der Waals surface area contributed by atoms with Gasteiger partial charge in [-0.2, -0.15) is 13.1 Å². The van der Waals surface area contributed by atoms with Gasteiger partial charge in [0.2, 0.25) is 0 Å². The molecule has 0 aromatic heterocycles. The molecule has 2 aliphatic rings. The molecule has 0 spiro atoms. The van der Waals surface area contributed by atoms with Crippen molar-refractivity contribution >= 4 is 21.9 Å². The second kappa shape index (κ2) is 7.68. The van der Waals surface area contributed by atoms with E-state index in [0.29, 0.717) is 36.7 Å². The van der Waals surface area contributed by atoms with Crippen LogP contribution in [0.1, 0.15) is 37.9 Å². The number of carbonyl (C=O) groups excluding carboxylic acids is 1. The number of nitrogens with two attached hydrogens (primary N) is 1. The molecule has 2 unspecified atom stereocenters. The van der Waals surface area contributed by atoms with Crippen LogP contribution in [0.15, 0.2) is 18.2 Å². The smallest absolute Gasteiger partial charge is 0.317 e. The number of anilines is 1. The van der Waals surface area contributed by atoms with Gasteiger partial charge in [-0.25, -0.2) is 4.79 Å². The second-order valence-corrected chi connectivity index (χ2v) is 7.90. The van der Waals surface area contributed by atoms with Crippen molar-refractivity contribution in [2.24, 2.45) is 5.73 Å². The van der Waals surface area contributed by atoms with Gasteiger partial charge in [0.15, 0.2) is 0 Å². The van der Waals surface area contributed by atoms with Crippen molar-refractivity contribution in [1.82, 2.24) is 14.9 Å². The summed E-state index contributed by atoms with van der Waals surface area (Å²) in [7, 11) is -3.66. The van der Waals surface area contributed by atoms with Gasteiger partial charge in [-0.3, -0.25) is 4.72 Å². The molecule has 2 heterocycles. The maximum Gasteiger partial charge on any atom is 0.317 e. The molecule has 0 radical (unpaired) electrons. The molecule has 0 aliphatic carbocycles. The molecule has 1 fully saturated rings. The van der Waals surface area contributed by atoms with Crippen LogP contribution in [0.3, 0.4) is 0 Å².